The lowest BCUT2D eigenvalue weighted by molar-refractivity contribution is -0.138. The lowest BCUT2D eigenvalue weighted by Crippen LogP contribution is -2.49. The van der Waals surface area contributed by atoms with Gasteiger partial charge in [-0.1, -0.05) is 25.0 Å². The van der Waals surface area contributed by atoms with E-state index < -0.39 is 0 Å². The van der Waals surface area contributed by atoms with Crippen LogP contribution in [0.25, 0.3) is 0 Å². The second-order valence-corrected chi connectivity index (χ2v) is 9.73. The molecule has 0 spiro atoms. The average molecular weight is 432 g/mol. The van der Waals surface area contributed by atoms with Gasteiger partial charge in [0.05, 0.1) is 12.0 Å². The van der Waals surface area contributed by atoms with Crippen molar-refractivity contribution in [2.45, 2.75) is 39.2 Å². The highest BCUT2D eigenvalue weighted by Gasteiger charge is 2.42. The number of nitrogens with zero attached hydrogens (tertiary/aromatic N) is 3. The Morgan fingerprint density at radius 2 is 1.80 bits per heavy atom. The van der Waals surface area contributed by atoms with Crippen molar-refractivity contribution < 1.29 is 4.79 Å². The zero-order valence-corrected chi connectivity index (χ0v) is 19.6. The molecule has 2 fully saturated rings. The van der Waals surface area contributed by atoms with E-state index in [1.165, 1.54) is 22.8 Å². The molecular weight excluding hydrogens is 394 g/mol. The first-order valence-corrected chi connectivity index (χ1v) is 12.3. The predicted molar refractivity (Wildman–Crippen MR) is 128 cm³/mol. The number of thioether (sulfide) groups is 1. The fraction of sp³-hybridized carbons (Fsp3) is 0.652. The van der Waals surface area contributed by atoms with Gasteiger partial charge >= 0.3 is 0 Å². The predicted octanol–water partition coefficient (Wildman–Crippen LogP) is 2.94. The third-order valence-corrected chi connectivity index (χ3v) is 7.03. The number of carbonyl (C=O) groups is 1. The molecule has 0 unspecified atom stereocenters. The van der Waals surface area contributed by atoms with Gasteiger partial charge in [-0.3, -0.25) is 4.79 Å². The Morgan fingerprint density at radius 3 is 2.40 bits per heavy atom. The summed E-state index contributed by atoms with van der Waals surface area (Å²) in [4.78, 5) is 21.8. The zero-order valence-electron chi connectivity index (χ0n) is 18.7. The number of amides is 1. The minimum absolute atomic E-state index is 0.232. The quantitative estimate of drug-likeness (QED) is 0.513. The van der Waals surface area contributed by atoms with Gasteiger partial charge < -0.3 is 20.4 Å². The SMILES string of the molecule is CCNC(=NCc1ccc(N2CCSCC2)cc1)NCC1(C(=O)N(C)C)CCCC1. The van der Waals surface area contributed by atoms with Gasteiger partial charge in [0.1, 0.15) is 0 Å². The van der Waals surface area contributed by atoms with E-state index in [0.29, 0.717) is 13.1 Å². The molecule has 2 aliphatic rings. The average Bonchev–Trinajstić information content (AvgIpc) is 3.26. The molecule has 30 heavy (non-hydrogen) atoms. The van der Waals surface area contributed by atoms with Gasteiger partial charge in [0, 0.05) is 57.5 Å². The van der Waals surface area contributed by atoms with Gasteiger partial charge in [-0.25, -0.2) is 4.99 Å². The summed E-state index contributed by atoms with van der Waals surface area (Å²) < 4.78 is 0. The third kappa shape index (κ3) is 5.84. The second kappa shape index (κ2) is 10.9. The van der Waals surface area contributed by atoms with Gasteiger partial charge in [0.2, 0.25) is 5.91 Å². The van der Waals surface area contributed by atoms with E-state index in [2.05, 4.69) is 46.7 Å². The number of carbonyl (C=O) groups excluding carboxylic acids is 1. The summed E-state index contributed by atoms with van der Waals surface area (Å²) in [7, 11) is 3.71. The largest absolute Gasteiger partial charge is 0.370 e. The van der Waals surface area contributed by atoms with Crippen LogP contribution in [0.3, 0.4) is 0 Å². The Labute approximate surface area is 185 Å². The van der Waals surface area contributed by atoms with E-state index in [-0.39, 0.29) is 11.3 Å². The molecule has 2 N–H and O–H groups in total. The molecule has 7 heteroatoms. The number of nitrogens with one attached hydrogen (secondary N) is 2. The summed E-state index contributed by atoms with van der Waals surface area (Å²) in [6, 6.07) is 8.78. The number of rotatable bonds is 7. The van der Waals surface area contributed by atoms with Crippen LogP contribution >= 0.6 is 11.8 Å². The highest BCUT2D eigenvalue weighted by Crippen LogP contribution is 2.38. The van der Waals surface area contributed by atoms with Crippen LogP contribution in [0.5, 0.6) is 0 Å². The third-order valence-electron chi connectivity index (χ3n) is 6.09. The number of aliphatic imine (C=N–C) groups is 1. The molecule has 1 saturated carbocycles. The van der Waals surface area contributed by atoms with Crippen LogP contribution < -0.4 is 15.5 Å². The molecule has 1 heterocycles. The Hall–Kier alpha value is -1.89. The van der Waals surface area contributed by atoms with E-state index in [1.54, 1.807) is 4.90 Å². The number of hydrogen-bond donors (Lipinski definition) is 2. The van der Waals surface area contributed by atoms with E-state index in [1.807, 2.05) is 25.9 Å². The first kappa shape index (κ1) is 22.8. The number of anilines is 1. The van der Waals surface area contributed by atoms with Crippen molar-refractivity contribution in [3.63, 3.8) is 0 Å². The van der Waals surface area contributed by atoms with Crippen molar-refractivity contribution in [1.29, 1.82) is 0 Å². The van der Waals surface area contributed by atoms with Crippen LogP contribution in [-0.2, 0) is 11.3 Å². The maximum atomic E-state index is 12.8. The van der Waals surface area contributed by atoms with Crippen molar-refractivity contribution in [3.05, 3.63) is 29.8 Å². The van der Waals surface area contributed by atoms with E-state index >= 15 is 0 Å². The van der Waals surface area contributed by atoms with Crippen LogP contribution in [0.1, 0.15) is 38.2 Å². The molecule has 0 aromatic heterocycles. The summed E-state index contributed by atoms with van der Waals surface area (Å²) in [5.41, 5.74) is 2.20. The minimum Gasteiger partial charge on any atom is -0.370 e. The fourth-order valence-electron chi connectivity index (χ4n) is 4.39. The molecule has 1 amide bonds. The van der Waals surface area contributed by atoms with Crippen molar-refractivity contribution in [3.8, 4) is 0 Å². The van der Waals surface area contributed by atoms with Gasteiger partial charge in [-0.15, -0.1) is 0 Å². The molecule has 0 atom stereocenters. The molecule has 166 valence electrons. The van der Waals surface area contributed by atoms with Gasteiger partial charge in [-0.2, -0.15) is 11.8 Å². The van der Waals surface area contributed by atoms with Crippen LogP contribution in [0.4, 0.5) is 5.69 Å². The maximum absolute atomic E-state index is 12.8. The topological polar surface area (TPSA) is 60.0 Å². The lowest BCUT2D eigenvalue weighted by atomic mass is 9.84. The van der Waals surface area contributed by atoms with Gasteiger partial charge in [0.15, 0.2) is 5.96 Å². The van der Waals surface area contributed by atoms with Crippen molar-refractivity contribution in [2.24, 2.45) is 10.4 Å². The highest BCUT2D eigenvalue weighted by molar-refractivity contribution is 7.99. The highest BCUT2D eigenvalue weighted by atomic mass is 32.2. The molecule has 1 aliphatic heterocycles. The molecule has 1 aromatic carbocycles. The van der Waals surface area contributed by atoms with Gasteiger partial charge in [-0.05, 0) is 37.5 Å². The number of guanidine groups is 1. The van der Waals surface area contributed by atoms with Crippen LogP contribution in [0, 0.1) is 5.41 Å². The zero-order chi connectivity index (χ0) is 21.4. The summed E-state index contributed by atoms with van der Waals surface area (Å²) in [5.74, 6) is 3.44. The van der Waals surface area contributed by atoms with Crippen molar-refractivity contribution in [1.82, 2.24) is 15.5 Å². The van der Waals surface area contributed by atoms with Gasteiger partial charge in [0.25, 0.3) is 0 Å². The first-order valence-electron chi connectivity index (χ1n) is 11.2. The summed E-state index contributed by atoms with van der Waals surface area (Å²) >= 11 is 2.03. The summed E-state index contributed by atoms with van der Waals surface area (Å²) in [6.07, 6.45) is 4.15. The normalized spacial score (nSPS) is 18.9. The fourth-order valence-corrected chi connectivity index (χ4v) is 5.29. The molecule has 6 nitrogen and oxygen atoms in total. The minimum atomic E-state index is -0.298. The van der Waals surface area contributed by atoms with E-state index in [0.717, 1.165) is 51.3 Å². The lowest BCUT2D eigenvalue weighted by Gasteiger charge is -2.31. The monoisotopic (exact) mass is 431 g/mol. The second-order valence-electron chi connectivity index (χ2n) is 8.50. The van der Waals surface area contributed by atoms with Crippen molar-refractivity contribution >= 4 is 29.3 Å². The molecule has 0 radical (unpaired) electrons. The standard InChI is InChI=1S/C23H37N5OS/c1-4-24-22(26-18-23(11-5-6-12-23)21(29)27(2)3)25-17-19-7-9-20(10-8-19)28-13-15-30-16-14-28/h7-10H,4-6,11-18H2,1-3H3,(H2,24,25,26). The number of benzene rings is 1. The van der Waals surface area contributed by atoms with E-state index in [4.69, 9.17) is 4.99 Å². The summed E-state index contributed by atoms with van der Waals surface area (Å²) in [5, 5.41) is 6.78. The molecule has 1 saturated heterocycles. The molecular formula is C23H37N5OS. The van der Waals surface area contributed by atoms with E-state index in [9.17, 15) is 4.79 Å². The smallest absolute Gasteiger partial charge is 0.230 e. The Bertz CT molecular complexity index is 707. The molecule has 1 aliphatic carbocycles. The maximum Gasteiger partial charge on any atom is 0.230 e. The number of hydrogen-bond acceptors (Lipinski definition) is 4. The van der Waals surface area contributed by atoms with Crippen LogP contribution in [0.15, 0.2) is 29.3 Å². The Balaban J connectivity index is 1.60. The van der Waals surface area contributed by atoms with Crippen LogP contribution in [0.2, 0.25) is 0 Å². The molecule has 1 aromatic rings. The Morgan fingerprint density at radius 1 is 1.13 bits per heavy atom. The first-order chi connectivity index (χ1) is 14.5. The summed E-state index contributed by atoms with van der Waals surface area (Å²) in [6.45, 7) is 6.39. The van der Waals surface area contributed by atoms with Crippen molar-refractivity contribution in [2.75, 3.05) is 56.7 Å². The Kier molecular flexibility index (Phi) is 8.31. The van der Waals surface area contributed by atoms with Crippen LogP contribution in [-0.4, -0.2) is 68.5 Å². The molecule has 3 rings (SSSR count). The molecule has 0 bridgehead atoms.